The SMILES string of the molecule is O=C(NCCCc1ccccc1)n1cnc2c(N3CCOCC3)cccc21. The number of aryl methyl sites for hydroxylation is 1. The first-order chi connectivity index (χ1) is 13.3. The van der Waals surface area contributed by atoms with Gasteiger partial charge in [0.25, 0.3) is 0 Å². The third-order valence-electron chi connectivity index (χ3n) is 4.89. The lowest BCUT2D eigenvalue weighted by atomic mass is 10.1. The molecule has 0 aliphatic carbocycles. The first-order valence-corrected chi connectivity index (χ1v) is 9.44. The van der Waals surface area contributed by atoms with E-state index in [4.69, 9.17) is 4.74 Å². The summed E-state index contributed by atoms with van der Waals surface area (Å²) in [6, 6.07) is 16.2. The molecule has 140 valence electrons. The van der Waals surface area contributed by atoms with Crippen molar-refractivity contribution in [1.82, 2.24) is 14.9 Å². The molecule has 0 spiro atoms. The molecule has 0 unspecified atom stereocenters. The molecule has 1 aliphatic rings. The number of morpholine rings is 1. The zero-order chi connectivity index (χ0) is 18.5. The van der Waals surface area contributed by atoms with Gasteiger partial charge in [0, 0.05) is 19.6 Å². The molecule has 2 aromatic carbocycles. The molecular formula is C21H24N4O2. The van der Waals surface area contributed by atoms with Crippen LogP contribution in [0, 0.1) is 0 Å². The van der Waals surface area contributed by atoms with E-state index in [0.29, 0.717) is 6.54 Å². The van der Waals surface area contributed by atoms with Crippen LogP contribution < -0.4 is 10.2 Å². The van der Waals surface area contributed by atoms with Gasteiger partial charge in [0.1, 0.15) is 11.8 Å². The quantitative estimate of drug-likeness (QED) is 0.707. The molecule has 1 aromatic heterocycles. The Morgan fingerprint density at radius 3 is 2.70 bits per heavy atom. The Morgan fingerprint density at radius 2 is 1.89 bits per heavy atom. The number of nitrogens with one attached hydrogen (secondary N) is 1. The summed E-state index contributed by atoms with van der Waals surface area (Å²) in [5.41, 5.74) is 4.04. The summed E-state index contributed by atoms with van der Waals surface area (Å²) in [7, 11) is 0. The minimum Gasteiger partial charge on any atom is -0.378 e. The number of hydrogen-bond acceptors (Lipinski definition) is 4. The number of anilines is 1. The summed E-state index contributed by atoms with van der Waals surface area (Å²) < 4.78 is 7.03. The molecule has 1 saturated heterocycles. The van der Waals surface area contributed by atoms with E-state index in [1.54, 1.807) is 10.9 Å². The van der Waals surface area contributed by atoms with E-state index >= 15 is 0 Å². The first-order valence-electron chi connectivity index (χ1n) is 9.44. The highest BCUT2D eigenvalue weighted by atomic mass is 16.5. The van der Waals surface area contributed by atoms with Gasteiger partial charge >= 0.3 is 6.03 Å². The number of rotatable bonds is 5. The van der Waals surface area contributed by atoms with Gasteiger partial charge in [-0.1, -0.05) is 36.4 Å². The standard InChI is InChI=1S/C21H24N4O2/c26-21(22-11-5-8-17-6-2-1-3-7-17)25-16-23-20-18(9-4-10-19(20)25)24-12-14-27-15-13-24/h1-4,6-7,9-10,16H,5,8,11-15H2,(H,22,26). The first kappa shape index (κ1) is 17.5. The van der Waals surface area contributed by atoms with Crippen molar-refractivity contribution >= 4 is 22.8 Å². The van der Waals surface area contributed by atoms with Gasteiger partial charge in [-0.2, -0.15) is 0 Å². The normalized spacial score (nSPS) is 14.4. The fourth-order valence-corrected chi connectivity index (χ4v) is 3.46. The summed E-state index contributed by atoms with van der Waals surface area (Å²) in [5.74, 6) is 0. The Balaban J connectivity index is 1.41. The number of para-hydroxylation sites is 1. The van der Waals surface area contributed by atoms with Crippen molar-refractivity contribution < 1.29 is 9.53 Å². The topological polar surface area (TPSA) is 59.4 Å². The molecule has 0 bridgehead atoms. The van der Waals surface area contributed by atoms with Gasteiger partial charge < -0.3 is 15.0 Å². The van der Waals surface area contributed by atoms with E-state index in [-0.39, 0.29) is 6.03 Å². The number of carbonyl (C=O) groups is 1. The van der Waals surface area contributed by atoms with E-state index in [1.807, 2.05) is 30.3 Å². The maximum atomic E-state index is 12.6. The molecule has 6 nitrogen and oxygen atoms in total. The predicted molar refractivity (Wildman–Crippen MR) is 106 cm³/mol. The van der Waals surface area contributed by atoms with Gasteiger partial charge in [0.05, 0.1) is 24.4 Å². The minimum absolute atomic E-state index is 0.135. The fourth-order valence-electron chi connectivity index (χ4n) is 3.46. The third-order valence-corrected chi connectivity index (χ3v) is 4.89. The second-order valence-corrected chi connectivity index (χ2v) is 6.68. The van der Waals surface area contributed by atoms with Gasteiger partial charge in [0.2, 0.25) is 0 Å². The second kappa shape index (κ2) is 8.22. The predicted octanol–water partition coefficient (Wildman–Crippen LogP) is 3.06. The second-order valence-electron chi connectivity index (χ2n) is 6.68. The van der Waals surface area contributed by atoms with Gasteiger partial charge in [-0.25, -0.2) is 9.78 Å². The van der Waals surface area contributed by atoms with Crippen LogP contribution in [0.25, 0.3) is 11.0 Å². The van der Waals surface area contributed by atoms with Crippen molar-refractivity contribution in [2.75, 3.05) is 37.7 Å². The minimum atomic E-state index is -0.135. The van der Waals surface area contributed by atoms with Gasteiger partial charge in [-0.15, -0.1) is 0 Å². The van der Waals surface area contributed by atoms with Gasteiger partial charge in [-0.05, 0) is 30.5 Å². The van der Waals surface area contributed by atoms with Crippen LogP contribution in [0.2, 0.25) is 0 Å². The van der Waals surface area contributed by atoms with Gasteiger partial charge in [0.15, 0.2) is 0 Å². The molecule has 1 N–H and O–H groups in total. The van der Waals surface area contributed by atoms with E-state index in [1.165, 1.54) is 5.56 Å². The average Bonchev–Trinajstić information content (AvgIpc) is 3.17. The highest BCUT2D eigenvalue weighted by Gasteiger charge is 2.17. The van der Waals surface area contributed by atoms with E-state index in [9.17, 15) is 4.79 Å². The summed E-state index contributed by atoms with van der Waals surface area (Å²) in [4.78, 5) is 19.4. The molecule has 27 heavy (non-hydrogen) atoms. The molecule has 2 heterocycles. The highest BCUT2D eigenvalue weighted by molar-refractivity contribution is 5.95. The third kappa shape index (κ3) is 3.95. The largest absolute Gasteiger partial charge is 0.378 e. The zero-order valence-corrected chi connectivity index (χ0v) is 15.3. The monoisotopic (exact) mass is 364 g/mol. The number of aromatic nitrogens is 2. The van der Waals surface area contributed by atoms with E-state index in [2.05, 4.69) is 33.4 Å². The summed E-state index contributed by atoms with van der Waals surface area (Å²) in [5, 5.41) is 3.00. The molecular weight excluding hydrogens is 340 g/mol. The maximum absolute atomic E-state index is 12.6. The number of benzene rings is 2. The number of fused-ring (bicyclic) bond motifs is 1. The fraction of sp³-hybridized carbons (Fsp3) is 0.333. The van der Waals surface area contributed by atoms with Crippen molar-refractivity contribution in [2.45, 2.75) is 12.8 Å². The number of hydrogen-bond donors (Lipinski definition) is 1. The summed E-state index contributed by atoms with van der Waals surface area (Å²) >= 11 is 0. The van der Waals surface area contributed by atoms with Crippen LogP contribution in [-0.2, 0) is 11.2 Å². The van der Waals surface area contributed by atoms with Crippen molar-refractivity contribution in [3.05, 3.63) is 60.4 Å². The molecule has 6 heteroatoms. The molecule has 0 radical (unpaired) electrons. The summed E-state index contributed by atoms with van der Waals surface area (Å²) in [6.07, 6.45) is 3.47. The van der Waals surface area contributed by atoms with Crippen LogP contribution in [0.4, 0.5) is 10.5 Å². The van der Waals surface area contributed by atoms with Crippen LogP contribution in [0.3, 0.4) is 0 Å². The van der Waals surface area contributed by atoms with Crippen molar-refractivity contribution in [1.29, 1.82) is 0 Å². The van der Waals surface area contributed by atoms with Crippen molar-refractivity contribution in [2.24, 2.45) is 0 Å². The molecule has 0 saturated carbocycles. The molecule has 3 aromatic rings. The summed E-state index contributed by atoms with van der Waals surface area (Å²) in [6.45, 7) is 3.77. The van der Waals surface area contributed by atoms with Crippen molar-refractivity contribution in [3.63, 3.8) is 0 Å². The molecule has 4 rings (SSSR count). The number of nitrogens with zero attached hydrogens (tertiary/aromatic N) is 3. The van der Waals surface area contributed by atoms with E-state index in [0.717, 1.165) is 55.9 Å². The Bertz CT molecular complexity index is 901. The highest BCUT2D eigenvalue weighted by Crippen LogP contribution is 2.26. The van der Waals surface area contributed by atoms with Crippen LogP contribution >= 0.6 is 0 Å². The molecule has 1 fully saturated rings. The van der Waals surface area contributed by atoms with Crippen LogP contribution in [0.1, 0.15) is 12.0 Å². The van der Waals surface area contributed by atoms with Crippen LogP contribution in [0.15, 0.2) is 54.9 Å². The molecule has 1 aliphatic heterocycles. The Labute approximate surface area is 158 Å². The Kier molecular flexibility index (Phi) is 5.34. The lowest BCUT2D eigenvalue weighted by Crippen LogP contribution is -2.36. The number of ether oxygens (including phenoxy) is 1. The van der Waals surface area contributed by atoms with Crippen molar-refractivity contribution in [3.8, 4) is 0 Å². The van der Waals surface area contributed by atoms with E-state index < -0.39 is 0 Å². The van der Waals surface area contributed by atoms with Crippen LogP contribution in [0.5, 0.6) is 0 Å². The lowest BCUT2D eigenvalue weighted by molar-refractivity contribution is 0.123. The smallest absolute Gasteiger partial charge is 0.327 e. The molecule has 0 atom stereocenters. The molecule has 1 amide bonds. The maximum Gasteiger partial charge on any atom is 0.327 e. The number of carbonyl (C=O) groups excluding carboxylic acids is 1. The average molecular weight is 364 g/mol. The Hall–Kier alpha value is -2.86. The number of imidazole rings is 1. The Morgan fingerprint density at radius 1 is 1.07 bits per heavy atom. The lowest BCUT2D eigenvalue weighted by Gasteiger charge is -2.29. The zero-order valence-electron chi connectivity index (χ0n) is 15.3. The number of amides is 1. The van der Waals surface area contributed by atoms with Crippen LogP contribution in [-0.4, -0.2) is 48.4 Å². The van der Waals surface area contributed by atoms with Gasteiger partial charge in [-0.3, -0.25) is 4.57 Å².